The molecule has 0 aliphatic carbocycles. The minimum Gasteiger partial charge on any atom is -0.462 e. The molecule has 0 saturated carbocycles. The third-order valence-electron chi connectivity index (χ3n) is 3.07. The third kappa shape index (κ3) is 4.88. The van der Waals surface area contributed by atoms with Crippen molar-refractivity contribution in [2.75, 3.05) is 23.8 Å². The Kier molecular flexibility index (Phi) is 6.46. The summed E-state index contributed by atoms with van der Waals surface area (Å²) in [5, 5.41) is 6.43. The summed E-state index contributed by atoms with van der Waals surface area (Å²) in [5.74, 6) is -0.750. The van der Waals surface area contributed by atoms with E-state index in [1.807, 2.05) is 0 Å². The smallest absolute Gasteiger partial charge is 0.340 e. The highest BCUT2D eigenvalue weighted by atomic mass is 35.5. The Morgan fingerprint density at radius 1 is 1.08 bits per heavy atom. The molecule has 0 aliphatic heterocycles. The molecule has 126 valence electrons. The van der Waals surface area contributed by atoms with E-state index in [1.54, 1.807) is 49.4 Å². The third-order valence-corrected chi connectivity index (χ3v) is 3.61. The molecule has 0 saturated heterocycles. The molecule has 0 bridgehead atoms. The number of carbonyl (C=O) groups excluding carboxylic acids is 2. The minimum absolute atomic E-state index is 0.0324. The summed E-state index contributed by atoms with van der Waals surface area (Å²) >= 11 is 11.8. The number of nitrogens with one attached hydrogen (secondary N) is 2. The first-order valence-electron chi connectivity index (χ1n) is 7.26. The summed E-state index contributed by atoms with van der Waals surface area (Å²) in [5.41, 5.74) is 1.36. The standard InChI is InChI=1S/C17H16Cl2N2O3/c1-2-24-17(23)12-5-3-4-6-14(12)20-10-16(22)21-15-8-7-11(18)9-13(15)19/h3-9,20H,2,10H2,1H3,(H,21,22). The van der Waals surface area contributed by atoms with Crippen LogP contribution >= 0.6 is 23.2 Å². The van der Waals surface area contributed by atoms with Gasteiger partial charge in [-0.1, -0.05) is 35.3 Å². The van der Waals surface area contributed by atoms with Gasteiger partial charge in [0.25, 0.3) is 0 Å². The van der Waals surface area contributed by atoms with E-state index in [4.69, 9.17) is 27.9 Å². The van der Waals surface area contributed by atoms with Gasteiger partial charge in [-0.2, -0.15) is 0 Å². The molecule has 0 atom stereocenters. The van der Waals surface area contributed by atoms with E-state index in [1.165, 1.54) is 0 Å². The molecule has 7 heteroatoms. The highest BCUT2D eigenvalue weighted by Crippen LogP contribution is 2.25. The molecule has 1 amide bonds. The lowest BCUT2D eigenvalue weighted by Gasteiger charge is -2.12. The lowest BCUT2D eigenvalue weighted by Crippen LogP contribution is -2.23. The number of ether oxygens (including phenoxy) is 1. The summed E-state index contributed by atoms with van der Waals surface area (Å²) < 4.78 is 4.99. The Bertz CT molecular complexity index is 750. The molecule has 2 aromatic carbocycles. The van der Waals surface area contributed by atoms with Crippen molar-refractivity contribution in [3.63, 3.8) is 0 Å². The maximum atomic E-state index is 12.0. The number of hydrogen-bond acceptors (Lipinski definition) is 4. The summed E-state index contributed by atoms with van der Waals surface area (Å²) in [4.78, 5) is 23.9. The van der Waals surface area contributed by atoms with Crippen LogP contribution in [-0.4, -0.2) is 25.0 Å². The molecule has 2 aromatic rings. The molecule has 2 rings (SSSR count). The molecule has 5 nitrogen and oxygen atoms in total. The van der Waals surface area contributed by atoms with Gasteiger partial charge in [0.1, 0.15) is 0 Å². The molecule has 0 fully saturated rings. The van der Waals surface area contributed by atoms with Crippen molar-refractivity contribution in [1.82, 2.24) is 0 Å². The maximum absolute atomic E-state index is 12.0. The van der Waals surface area contributed by atoms with Crippen molar-refractivity contribution in [3.05, 3.63) is 58.1 Å². The predicted molar refractivity (Wildman–Crippen MR) is 96.0 cm³/mol. The molecule has 0 heterocycles. The molecule has 0 aromatic heterocycles. The second-order valence-corrected chi connectivity index (χ2v) is 5.64. The first-order valence-corrected chi connectivity index (χ1v) is 8.01. The highest BCUT2D eigenvalue weighted by Gasteiger charge is 2.13. The molecule has 2 N–H and O–H groups in total. The van der Waals surface area contributed by atoms with Crippen molar-refractivity contribution in [1.29, 1.82) is 0 Å². The Balaban J connectivity index is 2.00. The van der Waals surface area contributed by atoms with Crippen LogP contribution in [0.15, 0.2) is 42.5 Å². The average Bonchev–Trinajstić information content (AvgIpc) is 2.56. The minimum atomic E-state index is -0.443. The first-order chi connectivity index (χ1) is 11.5. The Morgan fingerprint density at radius 3 is 2.54 bits per heavy atom. The summed E-state index contributed by atoms with van der Waals surface area (Å²) in [6.07, 6.45) is 0. The first kappa shape index (κ1) is 18.1. The fourth-order valence-electron chi connectivity index (χ4n) is 1.98. The second kappa shape index (κ2) is 8.57. The molecule has 24 heavy (non-hydrogen) atoms. The van der Waals surface area contributed by atoms with Crippen molar-refractivity contribution in [2.45, 2.75) is 6.92 Å². The lowest BCUT2D eigenvalue weighted by atomic mass is 10.2. The molecule has 0 radical (unpaired) electrons. The second-order valence-electron chi connectivity index (χ2n) is 4.79. The van der Waals surface area contributed by atoms with Crippen LogP contribution in [0, 0.1) is 0 Å². The van der Waals surface area contributed by atoms with Crippen molar-refractivity contribution in [3.8, 4) is 0 Å². The number of rotatable bonds is 6. The Labute approximate surface area is 149 Å². The van der Waals surface area contributed by atoms with Gasteiger partial charge in [0, 0.05) is 10.7 Å². The quantitative estimate of drug-likeness (QED) is 0.751. The van der Waals surface area contributed by atoms with Gasteiger partial charge in [-0.05, 0) is 37.3 Å². The van der Waals surface area contributed by atoms with Crippen LogP contribution < -0.4 is 10.6 Å². The average molecular weight is 367 g/mol. The molecule has 0 spiro atoms. The van der Waals surface area contributed by atoms with Crippen LogP contribution in [-0.2, 0) is 9.53 Å². The number of hydrogen-bond donors (Lipinski definition) is 2. The number of anilines is 2. The molecule has 0 unspecified atom stereocenters. The molecular weight excluding hydrogens is 351 g/mol. The van der Waals surface area contributed by atoms with Gasteiger partial charge in [-0.25, -0.2) is 4.79 Å². The number of esters is 1. The summed E-state index contributed by atoms with van der Waals surface area (Å²) in [6, 6.07) is 11.6. The van der Waals surface area contributed by atoms with E-state index < -0.39 is 5.97 Å². The van der Waals surface area contributed by atoms with E-state index in [0.717, 1.165) is 0 Å². The van der Waals surface area contributed by atoms with E-state index in [0.29, 0.717) is 27.0 Å². The maximum Gasteiger partial charge on any atom is 0.340 e. The van der Waals surface area contributed by atoms with Crippen molar-refractivity contribution < 1.29 is 14.3 Å². The van der Waals surface area contributed by atoms with Crippen LogP contribution in [0.1, 0.15) is 17.3 Å². The Morgan fingerprint density at radius 2 is 1.83 bits per heavy atom. The number of para-hydroxylation sites is 1. The van der Waals surface area contributed by atoms with Gasteiger partial charge >= 0.3 is 5.97 Å². The monoisotopic (exact) mass is 366 g/mol. The van der Waals surface area contributed by atoms with Crippen molar-refractivity contribution >= 4 is 46.5 Å². The number of benzene rings is 2. The largest absolute Gasteiger partial charge is 0.462 e. The van der Waals surface area contributed by atoms with Gasteiger partial charge in [0.2, 0.25) is 5.91 Å². The van der Waals surface area contributed by atoms with Crippen molar-refractivity contribution in [2.24, 2.45) is 0 Å². The van der Waals surface area contributed by atoms with Gasteiger partial charge in [0.05, 0.1) is 29.4 Å². The molecule has 0 aliphatic rings. The fourth-order valence-corrected chi connectivity index (χ4v) is 2.44. The number of amides is 1. The van der Waals surface area contributed by atoms with Gasteiger partial charge in [-0.3, -0.25) is 4.79 Å². The normalized spacial score (nSPS) is 10.1. The van der Waals surface area contributed by atoms with Crippen LogP contribution in [0.4, 0.5) is 11.4 Å². The van der Waals surface area contributed by atoms with E-state index in [9.17, 15) is 9.59 Å². The zero-order valence-electron chi connectivity index (χ0n) is 12.9. The van der Waals surface area contributed by atoms with E-state index >= 15 is 0 Å². The Hall–Kier alpha value is -2.24. The topological polar surface area (TPSA) is 67.4 Å². The highest BCUT2D eigenvalue weighted by molar-refractivity contribution is 6.36. The number of halogens is 2. The lowest BCUT2D eigenvalue weighted by molar-refractivity contribution is -0.114. The summed E-state index contributed by atoms with van der Waals surface area (Å²) in [7, 11) is 0. The zero-order valence-corrected chi connectivity index (χ0v) is 14.4. The van der Waals surface area contributed by atoms with Gasteiger partial charge < -0.3 is 15.4 Å². The number of carbonyl (C=O) groups is 2. The van der Waals surface area contributed by atoms with Crippen LogP contribution in [0.5, 0.6) is 0 Å². The van der Waals surface area contributed by atoms with E-state index in [2.05, 4.69) is 10.6 Å². The molecular formula is C17H16Cl2N2O3. The van der Waals surface area contributed by atoms with Gasteiger partial charge in [0.15, 0.2) is 0 Å². The van der Waals surface area contributed by atoms with Gasteiger partial charge in [-0.15, -0.1) is 0 Å². The van der Waals surface area contributed by atoms with Crippen LogP contribution in [0.25, 0.3) is 0 Å². The SMILES string of the molecule is CCOC(=O)c1ccccc1NCC(=O)Nc1ccc(Cl)cc1Cl. The predicted octanol–water partition coefficient (Wildman–Crippen LogP) is 4.22. The van der Waals surface area contributed by atoms with E-state index in [-0.39, 0.29) is 19.1 Å². The summed E-state index contributed by atoms with van der Waals surface area (Å²) in [6.45, 7) is 1.98. The zero-order chi connectivity index (χ0) is 17.5. The van der Waals surface area contributed by atoms with Crippen LogP contribution in [0.2, 0.25) is 10.0 Å². The fraction of sp³-hybridized carbons (Fsp3) is 0.176. The van der Waals surface area contributed by atoms with Crippen LogP contribution in [0.3, 0.4) is 0 Å².